The second-order valence-corrected chi connectivity index (χ2v) is 5.82. The molecule has 2 aromatic carbocycles. The smallest absolute Gasteiger partial charge is 0.338 e. The van der Waals surface area contributed by atoms with Crippen LogP contribution in [0.2, 0.25) is 0 Å². The summed E-state index contributed by atoms with van der Waals surface area (Å²) in [5.74, 6) is 0.636. The first-order valence-corrected chi connectivity index (χ1v) is 7.73. The van der Waals surface area contributed by atoms with Crippen LogP contribution in [-0.2, 0) is 11.3 Å². The number of oxazole rings is 1. The zero-order valence-electron chi connectivity index (χ0n) is 11.5. The maximum absolute atomic E-state index is 12.0. The van der Waals surface area contributed by atoms with E-state index in [-0.39, 0.29) is 6.61 Å². The fraction of sp³-hybridized carbons (Fsp3) is 0.0588. The molecule has 0 N–H and O–H groups in total. The SMILES string of the molecule is O=C(OCc1ncc(-c2ccccc2)o1)c1cccc(I)c1. The van der Waals surface area contributed by atoms with E-state index in [4.69, 9.17) is 9.15 Å². The van der Waals surface area contributed by atoms with Crippen LogP contribution in [-0.4, -0.2) is 11.0 Å². The molecule has 0 saturated heterocycles. The molecule has 1 heterocycles. The van der Waals surface area contributed by atoms with Crippen molar-refractivity contribution in [3.8, 4) is 11.3 Å². The molecule has 0 radical (unpaired) electrons. The van der Waals surface area contributed by atoms with Crippen LogP contribution < -0.4 is 0 Å². The molecule has 5 heteroatoms. The number of ether oxygens (including phenoxy) is 1. The van der Waals surface area contributed by atoms with Crippen LogP contribution in [0.15, 0.2) is 65.2 Å². The van der Waals surface area contributed by atoms with Crippen LogP contribution in [0.1, 0.15) is 16.2 Å². The first-order chi connectivity index (χ1) is 10.7. The highest BCUT2D eigenvalue weighted by atomic mass is 127. The number of aromatic nitrogens is 1. The first-order valence-electron chi connectivity index (χ1n) is 6.65. The number of hydrogen-bond acceptors (Lipinski definition) is 4. The fourth-order valence-corrected chi connectivity index (χ4v) is 2.48. The molecule has 0 fully saturated rings. The molecule has 22 heavy (non-hydrogen) atoms. The van der Waals surface area contributed by atoms with Crippen molar-refractivity contribution < 1.29 is 13.9 Å². The van der Waals surface area contributed by atoms with Gasteiger partial charge < -0.3 is 9.15 Å². The van der Waals surface area contributed by atoms with E-state index >= 15 is 0 Å². The molecule has 0 unspecified atom stereocenters. The average Bonchev–Trinajstić information content (AvgIpc) is 3.02. The number of rotatable bonds is 4. The zero-order chi connectivity index (χ0) is 15.4. The molecule has 0 bridgehead atoms. The lowest BCUT2D eigenvalue weighted by atomic mass is 10.2. The Morgan fingerprint density at radius 2 is 1.95 bits per heavy atom. The zero-order valence-corrected chi connectivity index (χ0v) is 13.7. The number of hydrogen-bond donors (Lipinski definition) is 0. The normalized spacial score (nSPS) is 10.4. The van der Waals surface area contributed by atoms with E-state index < -0.39 is 5.97 Å². The highest BCUT2D eigenvalue weighted by Crippen LogP contribution is 2.20. The first kappa shape index (κ1) is 14.8. The standard InChI is InChI=1S/C17H12INO3/c18-14-8-4-7-13(9-14)17(20)21-11-16-19-10-15(22-16)12-5-2-1-3-6-12/h1-10H,11H2. The highest BCUT2D eigenvalue weighted by molar-refractivity contribution is 14.1. The molecule has 0 aliphatic carbocycles. The summed E-state index contributed by atoms with van der Waals surface area (Å²) in [6.45, 7) is 0.0111. The number of carbonyl (C=O) groups excluding carboxylic acids is 1. The van der Waals surface area contributed by atoms with Gasteiger partial charge in [0.05, 0.1) is 11.8 Å². The molecule has 0 spiro atoms. The largest absolute Gasteiger partial charge is 0.452 e. The summed E-state index contributed by atoms with van der Waals surface area (Å²) in [5.41, 5.74) is 1.45. The topological polar surface area (TPSA) is 52.3 Å². The van der Waals surface area contributed by atoms with Crippen molar-refractivity contribution in [1.82, 2.24) is 4.98 Å². The molecule has 0 atom stereocenters. The van der Waals surface area contributed by atoms with Crippen LogP contribution in [0.4, 0.5) is 0 Å². The Morgan fingerprint density at radius 3 is 2.73 bits per heavy atom. The Bertz CT molecular complexity index is 783. The molecule has 1 aromatic heterocycles. The van der Waals surface area contributed by atoms with Crippen LogP contribution in [0, 0.1) is 3.57 Å². The van der Waals surface area contributed by atoms with Gasteiger partial charge in [-0.3, -0.25) is 0 Å². The van der Waals surface area contributed by atoms with E-state index in [2.05, 4.69) is 27.6 Å². The third kappa shape index (κ3) is 3.54. The van der Waals surface area contributed by atoms with E-state index in [1.807, 2.05) is 42.5 Å². The third-order valence-corrected chi connectivity index (χ3v) is 3.67. The van der Waals surface area contributed by atoms with Crippen molar-refractivity contribution in [2.24, 2.45) is 0 Å². The third-order valence-electron chi connectivity index (χ3n) is 3.00. The Morgan fingerprint density at radius 1 is 1.14 bits per heavy atom. The van der Waals surface area contributed by atoms with Gasteiger partial charge in [0.2, 0.25) is 5.89 Å². The van der Waals surface area contributed by atoms with Crippen LogP contribution in [0.3, 0.4) is 0 Å². The second kappa shape index (κ2) is 6.74. The highest BCUT2D eigenvalue weighted by Gasteiger charge is 2.11. The maximum Gasteiger partial charge on any atom is 0.338 e. The molecular weight excluding hydrogens is 393 g/mol. The van der Waals surface area contributed by atoms with Crippen LogP contribution in [0.25, 0.3) is 11.3 Å². The molecule has 4 nitrogen and oxygen atoms in total. The summed E-state index contributed by atoms with van der Waals surface area (Å²) < 4.78 is 11.8. The van der Waals surface area contributed by atoms with Crippen molar-refractivity contribution in [3.63, 3.8) is 0 Å². The van der Waals surface area contributed by atoms with Gasteiger partial charge >= 0.3 is 5.97 Å². The van der Waals surface area contributed by atoms with Gasteiger partial charge in [0.15, 0.2) is 12.4 Å². The van der Waals surface area contributed by atoms with Crippen molar-refractivity contribution in [2.75, 3.05) is 0 Å². The van der Waals surface area contributed by atoms with Crippen molar-refractivity contribution >= 4 is 28.6 Å². The van der Waals surface area contributed by atoms with E-state index in [1.54, 1.807) is 18.3 Å². The molecule has 0 aliphatic rings. The van der Waals surface area contributed by atoms with Gasteiger partial charge in [-0.15, -0.1) is 0 Å². The van der Waals surface area contributed by atoms with Gasteiger partial charge in [0.1, 0.15) is 0 Å². The lowest BCUT2D eigenvalue weighted by molar-refractivity contribution is 0.0439. The summed E-state index contributed by atoms with van der Waals surface area (Å²) in [7, 11) is 0. The number of halogens is 1. The summed E-state index contributed by atoms with van der Waals surface area (Å²) in [6, 6.07) is 16.9. The van der Waals surface area contributed by atoms with Crippen molar-refractivity contribution in [1.29, 1.82) is 0 Å². The Hall–Kier alpha value is -2.15. The average molecular weight is 405 g/mol. The second-order valence-electron chi connectivity index (χ2n) is 4.57. The quantitative estimate of drug-likeness (QED) is 0.480. The van der Waals surface area contributed by atoms with E-state index in [9.17, 15) is 4.79 Å². The summed E-state index contributed by atoms with van der Waals surface area (Å²) in [6.07, 6.45) is 1.63. The van der Waals surface area contributed by atoms with Gasteiger partial charge in [0.25, 0.3) is 0 Å². The molecule has 0 saturated carbocycles. The van der Waals surface area contributed by atoms with Crippen LogP contribution in [0.5, 0.6) is 0 Å². The molecule has 0 aliphatic heterocycles. The van der Waals surface area contributed by atoms with Gasteiger partial charge in [-0.1, -0.05) is 36.4 Å². The fourth-order valence-electron chi connectivity index (χ4n) is 1.94. The molecule has 3 aromatic rings. The summed E-state index contributed by atoms with van der Waals surface area (Å²) in [5, 5.41) is 0. The minimum Gasteiger partial charge on any atom is -0.452 e. The number of nitrogens with zero attached hydrogens (tertiary/aromatic N) is 1. The van der Waals surface area contributed by atoms with Gasteiger partial charge in [0, 0.05) is 9.13 Å². The predicted molar refractivity (Wildman–Crippen MR) is 90.2 cm³/mol. The minimum atomic E-state index is -0.391. The number of esters is 1. The molecule has 0 amide bonds. The lowest BCUT2D eigenvalue weighted by Crippen LogP contribution is -2.05. The van der Waals surface area contributed by atoms with E-state index in [0.717, 1.165) is 9.13 Å². The van der Waals surface area contributed by atoms with Crippen molar-refractivity contribution in [2.45, 2.75) is 6.61 Å². The Kier molecular flexibility index (Phi) is 4.53. The van der Waals surface area contributed by atoms with Crippen molar-refractivity contribution in [3.05, 3.63) is 75.8 Å². The summed E-state index contributed by atoms with van der Waals surface area (Å²) in [4.78, 5) is 16.1. The molecule has 3 rings (SSSR count). The van der Waals surface area contributed by atoms with Gasteiger partial charge in [-0.2, -0.15) is 0 Å². The molecular formula is C17H12INO3. The number of carbonyl (C=O) groups is 1. The number of benzene rings is 2. The Labute approximate surface area is 141 Å². The van der Waals surface area contributed by atoms with Gasteiger partial charge in [-0.05, 0) is 40.8 Å². The van der Waals surface area contributed by atoms with E-state index in [1.165, 1.54) is 0 Å². The Balaban J connectivity index is 1.65. The monoisotopic (exact) mass is 405 g/mol. The maximum atomic E-state index is 12.0. The van der Waals surface area contributed by atoms with Gasteiger partial charge in [-0.25, -0.2) is 9.78 Å². The van der Waals surface area contributed by atoms with E-state index in [0.29, 0.717) is 17.2 Å². The predicted octanol–water partition coefficient (Wildman–Crippen LogP) is 4.30. The minimum absolute atomic E-state index is 0.0111. The van der Waals surface area contributed by atoms with Crippen LogP contribution >= 0.6 is 22.6 Å². The summed E-state index contributed by atoms with van der Waals surface area (Å²) >= 11 is 2.15. The molecule has 110 valence electrons. The lowest BCUT2D eigenvalue weighted by Gasteiger charge is -2.02.